The van der Waals surface area contributed by atoms with E-state index < -0.39 is 0 Å². The molecule has 0 aliphatic heterocycles. The molecule has 1 aromatic heterocycles. The van der Waals surface area contributed by atoms with Gasteiger partial charge in [-0.15, -0.1) is 0 Å². The number of anilines is 3. The molecule has 0 amide bonds. The van der Waals surface area contributed by atoms with E-state index in [4.69, 9.17) is 0 Å². The molecule has 0 atom stereocenters. The van der Waals surface area contributed by atoms with Gasteiger partial charge in [-0.1, -0.05) is 152 Å². The highest BCUT2D eigenvalue weighted by Gasteiger charge is 2.20. The molecule has 10 aromatic rings. The maximum Gasteiger partial charge on any atom is 0.0547 e. The van der Waals surface area contributed by atoms with Gasteiger partial charge >= 0.3 is 0 Å². The van der Waals surface area contributed by atoms with Crippen molar-refractivity contribution in [2.75, 3.05) is 4.90 Å². The quantitative estimate of drug-likeness (QED) is 0.161. The number of nitrogens with zero attached hydrogens (tertiary/aromatic N) is 2. The van der Waals surface area contributed by atoms with E-state index in [2.05, 4.69) is 216 Å². The number of hydrogen-bond donors (Lipinski definition) is 0. The average molecular weight is 663 g/mol. The smallest absolute Gasteiger partial charge is 0.0547 e. The third kappa shape index (κ3) is 5.04. The van der Waals surface area contributed by atoms with E-state index in [1.807, 2.05) is 0 Å². The van der Waals surface area contributed by atoms with Crippen LogP contribution in [0.1, 0.15) is 0 Å². The van der Waals surface area contributed by atoms with Gasteiger partial charge in [-0.3, -0.25) is 0 Å². The normalized spacial score (nSPS) is 11.5. The lowest BCUT2D eigenvalue weighted by Gasteiger charge is -2.28. The standard InChI is InChI=1S/C50H34N2/c1-3-13-35(14-4-1)36-25-29-41(30-26-36)51(42-31-27-38-24-23-37-15-7-8-18-43(37)47(38)34-42)48-21-11-9-19-44(48)39-28-32-46-45-20-10-12-22-49(45)52(50(46)33-39)40-16-5-2-6-17-40/h1-34H. The highest BCUT2D eigenvalue weighted by molar-refractivity contribution is 6.11. The zero-order valence-electron chi connectivity index (χ0n) is 28.5. The van der Waals surface area contributed by atoms with Crippen molar-refractivity contribution in [2.45, 2.75) is 0 Å². The summed E-state index contributed by atoms with van der Waals surface area (Å²) in [5.41, 5.74) is 11.6. The van der Waals surface area contributed by atoms with Crippen molar-refractivity contribution in [1.29, 1.82) is 0 Å². The Morgan fingerprint density at radius 1 is 0.327 bits per heavy atom. The molecule has 9 aromatic carbocycles. The predicted molar refractivity (Wildman–Crippen MR) is 221 cm³/mol. The van der Waals surface area contributed by atoms with Crippen LogP contribution >= 0.6 is 0 Å². The molecule has 244 valence electrons. The van der Waals surface area contributed by atoms with Crippen molar-refractivity contribution in [1.82, 2.24) is 4.57 Å². The Labute approximate surface area is 303 Å². The van der Waals surface area contributed by atoms with Gasteiger partial charge in [0, 0.05) is 33.4 Å². The summed E-state index contributed by atoms with van der Waals surface area (Å²) < 4.78 is 2.39. The number of fused-ring (bicyclic) bond motifs is 6. The first kappa shape index (κ1) is 30.0. The summed E-state index contributed by atoms with van der Waals surface area (Å²) in [4.78, 5) is 2.42. The maximum atomic E-state index is 2.42. The zero-order valence-corrected chi connectivity index (χ0v) is 28.5. The molecule has 2 heteroatoms. The molecule has 0 unspecified atom stereocenters. The van der Waals surface area contributed by atoms with Gasteiger partial charge in [0.1, 0.15) is 0 Å². The molecular formula is C50H34N2. The van der Waals surface area contributed by atoms with E-state index in [0.717, 1.165) is 22.7 Å². The second-order valence-electron chi connectivity index (χ2n) is 13.4. The summed E-state index contributed by atoms with van der Waals surface area (Å²) in [6.45, 7) is 0. The SMILES string of the molecule is c1ccc(-c2ccc(N(c3ccc4ccc5ccccc5c4c3)c3ccccc3-c3ccc4c5ccccc5n(-c5ccccc5)c4c3)cc2)cc1. The Hall–Kier alpha value is -6.90. The van der Waals surface area contributed by atoms with Crippen molar-refractivity contribution < 1.29 is 0 Å². The molecule has 0 aliphatic carbocycles. The molecule has 0 saturated heterocycles. The lowest BCUT2D eigenvalue weighted by atomic mass is 9.98. The van der Waals surface area contributed by atoms with Crippen LogP contribution in [0.4, 0.5) is 17.1 Å². The summed E-state index contributed by atoms with van der Waals surface area (Å²) in [5, 5.41) is 7.48. The summed E-state index contributed by atoms with van der Waals surface area (Å²) >= 11 is 0. The highest BCUT2D eigenvalue weighted by atomic mass is 15.1. The van der Waals surface area contributed by atoms with Crippen molar-refractivity contribution in [2.24, 2.45) is 0 Å². The summed E-state index contributed by atoms with van der Waals surface area (Å²) in [6.07, 6.45) is 0. The van der Waals surface area contributed by atoms with Crippen molar-refractivity contribution in [3.05, 3.63) is 206 Å². The maximum absolute atomic E-state index is 2.42. The minimum Gasteiger partial charge on any atom is -0.310 e. The Kier molecular flexibility index (Phi) is 7.18. The molecule has 2 nitrogen and oxygen atoms in total. The Morgan fingerprint density at radius 3 is 1.73 bits per heavy atom. The fourth-order valence-corrected chi connectivity index (χ4v) is 7.90. The summed E-state index contributed by atoms with van der Waals surface area (Å²) in [7, 11) is 0. The Bertz CT molecular complexity index is 2890. The van der Waals surface area contributed by atoms with Gasteiger partial charge in [-0.05, 0) is 92.8 Å². The number of hydrogen-bond acceptors (Lipinski definition) is 1. The third-order valence-electron chi connectivity index (χ3n) is 10.4. The minimum absolute atomic E-state index is 1.10. The number of aromatic nitrogens is 1. The minimum atomic E-state index is 1.10. The predicted octanol–water partition coefficient (Wildman–Crippen LogP) is 13.9. The lowest BCUT2D eigenvalue weighted by molar-refractivity contribution is 1.18. The topological polar surface area (TPSA) is 8.17 Å². The van der Waals surface area contributed by atoms with Gasteiger partial charge in [0.25, 0.3) is 0 Å². The van der Waals surface area contributed by atoms with Crippen LogP contribution in [0.3, 0.4) is 0 Å². The first-order valence-electron chi connectivity index (χ1n) is 17.9. The van der Waals surface area contributed by atoms with E-state index in [9.17, 15) is 0 Å². The van der Waals surface area contributed by atoms with Crippen LogP contribution in [0, 0.1) is 0 Å². The molecule has 0 saturated carbocycles. The fraction of sp³-hybridized carbons (Fsp3) is 0. The molecule has 1 heterocycles. The van der Waals surface area contributed by atoms with Crippen LogP contribution < -0.4 is 4.90 Å². The molecule has 52 heavy (non-hydrogen) atoms. The average Bonchev–Trinajstić information content (AvgIpc) is 3.55. The second kappa shape index (κ2) is 12.5. The number of para-hydroxylation sites is 3. The van der Waals surface area contributed by atoms with Gasteiger partial charge in [0.15, 0.2) is 0 Å². The lowest BCUT2D eigenvalue weighted by Crippen LogP contribution is -2.11. The largest absolute Gasteiger partial charge is 0.310 e. The van der Waals surface area contributed by atoms with Gasteiger partial charge in [-0.25, -0.2) is 0 Å². The Morgan fingerprint density at radius 2 is 0.904 bits per heavy atom. The molecule has 10 rings (SSSR count). The summed E-state index contributed by atoms with van der Waals surface area (Å²) in [6, 6.07) is 74.7. The first-order chi connectivity index (χ1) is 25.8. The van der Waals surface area contributed by atoms with Gasteiger partial charge in [0.05, 0.1) is 16.7 Å². The molecule has 0 aliphatic rings. The summed E-state index contributed by atoms with van der Waals surface area (Å²) in [5.74, 6) is 0. The van der Waals surface area contributed by atoms with E-state index >= 15 is 0 Å². The zero-order chi connectivity index (χ0) is 34.4. The van der Waals surface area contributed by atoms with E-state index in [0.29, 0.717) is 0 Å². The number of rotatable bonds is 6. The number of benzene rings is 9. The van der Waals surface area contributed by atoms with Crippen molar-refractivity contribution >= 4 is 60.4 Å². The fourth-order valence-electron chi connectivity index (χ4n) is 7.90. The monoisotopic (exact) mass is 662 g/mol. The molecule has 0 fully saturated rings. The van der Waals surface area contributed by atoms with Crippen LogP contribution in [0.25, 0.3) is 71.3 Å². The van der Waals surface area contributed by atoms with Gasteiger partial charge < -0.3 is 9.47 Å². The van der Waals surface area contributed by atoms with Gasteiger partial charge in [0.2, 0.25) is 0 Å². The van der Waals surface area contributed by atoms with Crippen LogP contribution in [-0.2, 0) is 0 Å². The molecule has 0 radical (unpaired) electrons. The van der Waals surface area contributed by atoms with Gasteiger partial charge in [-0.2, -0.15) is 0 Å². The molecule has 0 bridgehead atoms. The molecule has 0 N–H and O–H groups in total. The van der Waals surface area contributed by atoms with E-state index in [1.165, 1.54) is 65.6 Å². The molecular weight excluding hydrogens is 629 g/mol. The van der Waals surface area contributed by atoms with Crippen LogP contribution in [-0.4, -0.2) is 4.57 Å². The van der Waals surface area contributed by atoms with Crippen molar-refractivity contribution in [3.63, 3.8) is 0 Å². The van der Waals surface area contributed by atoms with Crippen LogP contribution in [0.2, 0.25) is 0 Å². The van der Waals surface area contributed by atoms with Crippen LogP contribution in [0.5, 0.6) is 0 Å². The van der Waals surface area contributed by atoms with E-state index in [1.54, 1.807) is 0 Å². The highest BCUT2D eigenvalue weighted by Crippen LogP contribution is 2.44. The van der Waals surface area contributed by atoms with Crippen molar-refractivity contribution in [3.8, 4) is 27.9 Å². The van der Waals surface area contributed by atoms with E-state index in [-0.39, 0.29) is 0 Å². The molecule has 0 spiro atoms. The Balaban J connectivity index is 1.19. The second-order valence-corrected chi connectivity index (χ2v) is 13.4. The third-order valence-corrected chi connectivity index (χ3v) is 10.4. The first-order valence-corrected chi connectivity index (χ1v) is 17.9. The van der Waals surface area contributed by atoms with Crippen LogP contribution in [0.15, 0.2) is 206 Å².